The van der Waals surface area contributed by atoms with E-state index in [0.29, 0.717) is 0 Å². The van der Waals surface area contributed by atoms with Crippen molar-refractivity contribution < 1.29 is 18.3 Å². The molecule has 0 aromatic heterocycles. The Labute approximate surface area is 51.1 Å². The molecule has 0 aromatic carbocycles. The number of hydrogen-bond acceptors (Lipinski definition) is 2. The SMILES string of the molecule is O=[Si]([O-])O.[H+].[H-].[H-].[Mg+2]. The smallest absolute Gasteiger partial charge is 1.00 e. The third-order valence-corrected chi connectivity index (χ3v) is 0. The van der Waals surface area contributed by atoms with Crippen molar-refractivity contribution in [2.24, 2.45) is 0 Å². The van der Waals surface area contributed by atoms with Gasteiger partial charge in [-0.2, -0.15) is 0 Å². The Morgan fingerprint density at radius 2 is 2.20 bits per heavy atom. The second-order valence-electron chi connectivity index (χ2n) is 0.266. The molecule has 28 valence electrons. The largest absolute Gasteiger partial charge is 2.00 e. The van der Waals surface area contributed by atoms with Crippen LogP contribution in [0, 0.1) is 0 Å². The zero-order chi connectivity index (χ0) is 3.58. The molecule has 0 saturated carbocycles. The first-order valence-corrected chi connectivity index (χ1v) is 1.90. The number of rotatable bonds is 0. The standard InChI is InChI=1S/Mg.HO3Si.2H/c;1-4(2)3;;/h;1H;;/q+2;3*-1/p+1. The molecule has 0 aliphatic heterocycles. The fraction of sp³-hybridized carbons (Fsp3) is 0. The fourth-order valence-electron chi connectivity index (χ4n) is 0. The van der Waals surface area contributed by atoms with Gasteiger partial charge in [-0.3, -0.25) is 0 Å². The molecule has 3 nitrogen and oxygen atoms in total. The van der Waals surface area contributed by atoms with Crippen LogP contribution in [0.3, 0.4) is 0 Å². The van der Waals surface area contributed by atoms with Gasteiger partial charge in [-0.05, 0) is 0 Å². The molecule has 0 heterocycles. The monoisotopic (exact) mass is 104 g/mol. The van der Waals surface area contributed by atoms with Gasteiger partial charge in [-0.15, -0.1) is 0 Å². The molecule has 0 aliphatic carbocycles. The van der Waals surface area contributed by atoms with Gasteiger partial charge in [-0.25, -0.2) is 0 Å². The van der Waals surface area contributed by atoms with Crippen molar-refractivity contribution in [2.45, 2.75) is 0 Å². The van der Waals surface area contributed by atoms with Crippen LogP contribution in [0.15, 0.2) is 0 Å². The van der Waals surface area contributed by atoms with E-state index in [9.17, 15) is 0 Å². The average Bonchev–Trinajstić information content (AvgIpc) is 0.811. The van der Waals surface area contributed by atoms with Crippen LogP contribution >= 0.6 is 0 Å². The third kappa shape index (κ3) is 170. The molecule has 5 heavy (non-hydrogen) atoms. The van der Waals surface area contributed by atoms with E-state index in [1.807, 2.05) is 0 Å². The van der Waals surface area contributed by atoms with Crippen molar-refractivity contribution in [3.8, 4) is 0 Å². The Hall–Kier alpha value is 0.383. The van der Waals surface area contributed by atoms with Crippen LogP contribution in [0.5, 0.6) is 0 Å². The van der Waals surface area contributed by atoms with Crippen molar-refractivity contribution in [3.05, 3.63) is 0 Å². The quantitative estimate of drug-likeness (QED) is 0.352. The molecular formula is H4MgO3Si. The second-order valence-corrected chi connectivity index (χ2v) is 0.798. The predicted octanol–water partition coefficient (Wildman–Crippen LogP) is -2.29. The van der Waals surface area contributed by atoms with E-state index in [4.69, 9.17) is 14.1 Å². The molecule has 0 spiro atoms. The maximum absolute atomic E-state index is 8.63. The van der Waals surface area contributed by atoms with Crippen LogP contribution in [0.4, 0.5) is 0 Å². The molecule has 0 fully saturated rings. The van der Waals surface area contributed by atoms with Crippen molar-refractivity contribution >= 4 is 32.2 Å². The molecule has 0 aromatic rings. The molecule has 1 N–H and O–H groups in total. The molecule has 0 amide bonds. The molecule has 5 heteroatoms. The van der Waals surface area contributed by atoms with Gasteiger partial charge in [0, 0.05) is 0 Å². The summed E-state index contributed by atoms with van der Waals surface area (Å²) in [7, 11) is -3.38. The molecule has 0 rings (SSSR count). The van der Waals surface area contributed by atoms with E-state index in [1.165, 1.54) is 0 Å². The van der Waals surface area contributed by atoms with Crippen LogP contribution in [-0.2, 0) is 4.46 Å². The summed E-state index contributed by atoms with van der Waals surface area (Å²) in [5, 5.41) is 0. The Morgan fingerprint density at radius 1 is 2.20 bits per heavy atom. The minimum atomic E-state index is -3.38. The Kier molecular flexibility index (Phi) is 7.92. The Bertz CT molecular complexity index is 37.5. The first kappa shape index (κ1) is 9.04. The Balaban J connectivity index is -0.00000000750. The van der Waals surface area contributed by atoms with Gasteiger partial charge >= 0.3 is 33.6 Å². The molecule has 0 atom stereocenters. The van der Waals surface area contributed by atoms with Gasteiger partial charge in [0.15, 0.2) is 0 Å². The topological polar surface area (TPSA) is 60.4 Å². The predicted molar refractivity (Wildman–Crippen MR) is 17.7 cm³/mol. The second kappa shape index (κ2) is 4.38. The van der Waals surface area contributed by atoms with Crippen molar-refractivity contribution in [3.63, 3.8) is 0 Å². The molecular weight excluding hydrogens is 100 g/mol. The average molecular weight is 104 g/mol. The molecule has 0 unspecified atom stereocenters. The van der Waals surface area contributed by atoms with E-state index in [0.717, 1.165) is 0 Å². The summed E-state index contributed by atoms with van der Waals surface area (Å²) < 4.78 is 8.63. The summed E-state index contributed by atoms with van der Waals surface area (Å²) in [5.74, 6) is 0. The molecule has 0 radical (unpaired) electrons. The minimum absolute atomic E-state index is 0. The van der Waals surface area contributed by atoms with E-state index < -0.39 is 9.17 Å². The van der Waals surface area contributed by atoms with Crippen LogP contribution in [0.2, 0.25) is 0 Å². The molecule has 0 bridgehead atoms. The zero-order valence-corrected chi connectivity index (χ0v) is 4.89. The first-order chi connectivity index (χ1) is 1.73. The van der Waals surface area contributed by atoms with Crippen molar-refractivity contribution in [1.29, 1.82) is 0 Å². The maximum atomic E-state index is 8.63. The zero-order valence-electron chi connectivity index (χ0n) is 5.47. The van der Waals surface area contributed by atoms with Gasteiger partial charge in [0.2, 0.25) is 0 Å². The van der Waals surface area contributed by atoms with Gasteiger partial charge in [0.25, 0.3) is 0 Å². The van der Waals surface area contributed by atoms with Gasteiger partial charge in [0.1, 0.15) is 0 Å². The Morgan fingerprint density at radius 3 is 2.20 bits per heavy atom. The number of hydrogen-bond donors (Lipinski definition) is 1. The van der Waals surface area contributed by atoms with Gasteiger partial charge < -0.3 is 16.9 Å². The molecule has 0 aliphatic rings. The summed E-state index contributed by atoms with van der Waals surface area (Å²) in [6.45, 7) is 0. The van der Waals surface area contributed by atoms with E-state index in [2.05, 4.69) is 0 Å². The third-order valence-electron chi connectivity index (χ3n) is 0. The van der Waals surface area contributed by atoms with Gasteiger partial charge in [-0.1, -0.05) is 0 Å². The normalized spacial score (nSPS) is 4.80. The summed E-state index contributed by atoms with van der Waals surface area (Å²) in [6.07, 6.45) is 0. The van der Waals surface area contributed by atoms with Crippen LogP contribution in [0.1, 0.15) is 4.28 Å². The summed E-state index contributed by atoms with van der Waals surface area (Å²) in [4.78, 5) is 15.7. The minimum Gasteiger partial charge on any atom is -1.00 e. The van der Waals surface area contributed by atoms with E-state index in [1.54, 1.807) is 0 Å². The van der Waals surface area contributed by atoms with Crippen LogP contribution < -0.4 is 4.80 Å². The summed E-state index contributed by atoms with van der Waals surface area (Å²) >= 11 is 0. The van der Waals surface area contributed by atoms with E-state index in [-0.39, 0.29) is 27.3 Å². The van der Waals surface area contributed by atoms with Crippen molar-refractivity contribution in [1.82, 2.24) is 0 Å². The maximum Gasteiger partial charge on any atom is 2.00 e. The molecule has 0 saturated heterocycles. The fourth-order valence-corrected chi connectivity index (χ4v) is 0. The first-order valence-electron chi connectivity index (χ1n) is 0.632. The van der Waals surface area contributed by atoms with Crippen LogP contribution in [-0.4, -0.2) is 37.0 Å². The summed E-state index contributed by atoms with van der Waals surface area (Å²) in [5.41, 5.74) is 0. The van der Waals surface area contributed by atoms with Crippen molar-refractivity contribution in [2.75, 3.05) is 0 Å². The van der Waals surface area contributed by atoms with Crippen LogP contribution in [0.25, 0.3) is 0 Å². The summed E-state index contributed by atoms with van der Waals surface area (Å²) in [6, 6.07) is 0. The van der Waals surface area contributed by atoms with E-state index >= 15 is 0 Å². The van der Waals surface area contributed by atoms with Gasteiger partial charge in [0.05, 0.1) is 0 Å².